The summed E-state index contributed by atoms with van der Waals surface area (Å²) in [4.78, 5) is 16.4. The molecule has 0 bridgehead atoms. The molecule has 1 heterocycles. The predicted molar refractivity (Wildman–Crippen MR) is 108 cm³/mol. The number of phenolic OH excluding ortho intramolecular Hbond substituents is 1. The molecule has 0 aromatic heterocycles. The molecule has 0 aliphatic carbocycles. The summed E-state index contributed by atoms with van der Waals surface area (Å²) in [5.74, 6) is 1.30. The highest BCUT2D eigenvalue weighted by Crippen LogP contribution is 2.44. The van der Waals surface area contributed by atoms with Gasteiger partial charge in [-0.05, 0) is 43.7 Å². The quantitative estimate of drug-likeness (QED) is 0.750. The third-order valence-electron chi connectivity index (χ3n) is 4.03. The van der Waals surface area contributed by atoms with Crippen molar-refractivity contribution in [1.29, 1.82) is 0 Å². The van der Waals surface area contributed by atoms with Crippen molar-refractivity contribution in [2.75, 3.05) is 19.5 Å². The molecular weight excluding hydrogens is 366 g/mol. The molecule has 1 saturated heterocycles. The number of likely N-dealkylation sites (N-methyl/N-ethyl adjacent to an activating group) is 1. The summed E-state index contributed by atoms with van der Waals surface area (Å²) in [6.07, 6.45) is 1.89. The number of benzene rings is 2. The summed E-state index contributed by atoms with van der Waals surface area (Å²) in [5, 5.41) is 10.7. The van der Waals surface area contributed by atoms with Crippen molar-refractivity contribution in [3.8, 4) is 11.5 Å². The Balaban J connectivity index is 2.06. The number of hydrogen-bond donors (Lipinski definition) is 1. The van der Waals surface area contributed by atoms with E-state index in [0.29, 0.717) is 28.0 Å². The van der Waals surface area contributed by atoms with Gasteiger partial charge in [0, 0.05) is 17.5 Å². The van der Waals surface area contributed by atoms with Crippen LogP contribution in [0.4, 0.5) is 0 Å². The Morgan fingerprint density at radius 1 is 1.35 bits per heavy atom. The monoisotopic (exact) mass is 387 g/mol. The molecule has 1 N–H and O–H groups in total. The minimum atomic E-state index is 0.0256. The van der Waals surface area contributed by atoms with Gasteiger partial charge in [0.2, 0.25) is 0 Å². The van der Waals surface area contributed by atoms with Crippen molar-refractivity contribution in [2.24, 2.45) is 0 Å². The smallest absolute Gasteiger partial charge is 0.260 e. The zero-order chi connectivity index (χ0) is 18.7. The van der Waals surface area contributed by atoms with Gasteiger partial charge >= 0.3 is 0 Å². The van der Waals surface area contributed by atoms with Gasteiger partial charge in [-0.2, -0.15) is 0 Å². The van der Waals surface area contributed by atoms with Crippen LogP contribution in [-0.2, 0) is 4.79 Å². The molecule has 0 saturated carbocycles. The standard InChI is InChI=1S/C20H21NO3S2/c1-4-24-19-13(2)14(11-17-20(23)21(3)12-25-17)10-16(18(19)22)26-15-8-6-5-7-9-15/h5-11,22H,4,12H2,1-3H3. The molecule has 6 heteroatoms. The maximum Gasteiger partial charge on any atom is 0.260 e. The number of carbonyl (C=O) groups excluding carboxylic acids is 1. The van der Waals surface area contributed by atoms with Gasteiger partial charge in [0.15, 0.2) is 11.5 Å². The number of thioether (sulfide) groups is 1. The first-order valence-corrected chi connectivity index (χ1v) is 10.1. The van der Waals surface area contributed by atoms with Crippen LogP contribution in [0.1, 0.15) is 18.1 Å². The number of aromatic hydroxyl groups is 1. The molecular formula is C20H21NO3S2. The summed E-state index contributed by atoms with van der Waals surface area (Å²) in [6.45, 7) is 4.25. The molecule has 3 rings (SSSR count). The summed E-state index contributed by atoms with van der Waals surface area (Å²) in [6, 6.07) is 11.8. The number of phenols is 1. The maximum atomic E-state index is 12.2. The van der Waals surface area contributed by atoms with E-state index in [0.717, 1.165) is 16.0 Å². The summed E-state index contributed by atoms with van der Waals surface area (Å²) < 4.78 is 5.70. The topological polar surface area (TPSA) is 49.8 Å². The molecule has 136 valence electrons. The number of rotatable bonds is 5. The molecule has 4 nitrogen and oxygen atoms in total. The molecule has 2 aromatic rings. The number of carbonyl (C=O) groups is 1. The van der Waals surface area contributed by atoms with Crippen LogP contribution < -0.4 is 4.74 Å². The molecule has 1 aliphatic rings. The minimum absolute atomic E-state index is 0.0256. The lowest BCUT2D eigenvalue weighted by Crippen LogP contribution is -2.18. The number of nitrogens with zero attached hydrogens (tertiary/aromatic N) is 1. The molecule has 1 aliphatic heterocycles. The Hall–Kier alpha value is -2.05. The van der Waals surface area contributed by atoms with Gasteiger partial charge in [-0.25, -0.2) is 0 Å². The van der Waals surface area contributed by atoms with Gasteiger partial charge in [0.25, 0.3) is 5.91 Å². The predicted octanol–water partition coefficient (Wildman–Crippen LogP) is 4.75. The van der Waals surface area contributed by atoms with E-state index in [4.69, 9.17) is 4.74 Å². The lowest BCUT2D eigenvalue weighted by Gasteiger charge is -2.16. The van der Waals surface area contributed by atoms with Gasteiger partial charge in [0.1, 0.15) is 0 Å². The Morgan fingerprint density at radius 2 is 2.08 bits per heavy atom. The average molecular weight is 388 g/mol. The Morgan fingerprint density at radius 3 is 2.69 bits per heavy atom. The van der Waals surface area contributed by atoms with Crippen LogP contribution in [0.25, 0.3) is 6.08 Å². The van der Waals surface area contributed by atoms with Gasteiger partial charge < -0.3 is 14.7 Å². The second-order valence-electron chi connectivity index (χ2n) is 5.90. The maximum absolute atomic E-state index is 12.2. The number of ether oxygens (including phenoxy) is 1. The van der Waals surface area contributed by atoms with Crippen LogP contribution in [0, 0.1) is 6.92 Å². The molecule has 2 aromatic carbocycles. The van der Waals surface area contributed by atoms with Crippen LogP contribution >= 0.6 is 23.5 Å². The Bertz CT molecular complexity index is 850. The van der Waals surface area contributed by atoms with E-state index in [9.17, 15) is 9.90 Å². The third kappa shape index (κ3) is 3.86. The van der Waals surface area contributed by atoms with E-state index in [1.54, 1.807) is 11.9 Å². The van der Waals surface area contributed by atoms with Crippen molar-refractivity contribution in [1.82, 2.24) is 4.90 Å². The summed E-state index contributed by atoms with van der Waals surface area (Å²) in [7, 11) is 1.79. The van der Waals surface area contributed by atoms with Crippen LogP contribution in [0.2, 0.25) is 0 Å². The number of hydrogen-bond acceptors (Lipinski definition) is 5. The van der Waals surface area contributed by atoms with Crippen molar-refractivity contribution < 1.29 is 14.6 Å². The third-order valence-corrected chi connectivity index (χ3v) is 6.18. The lowest BCUT2D eigenvalue weighted by molar-refractivity contribution is -0.123. The van der Waals surface area contributed by atoms with Gasteiger partial charge in [-0.1, -0.05) is 41.7 Å². The summed E-state index contributed by atoms with van der Waals surface area (Å²) in [5.41, 5.74) is 1.72. The number of amides is 1. The largest absolute Gasteiger partial charge is 0.503 e. The molecule has 0 atom stereocenters. The molecule has 0 spiro atoms. The molecule has 0 radical (unpaired) electrons. The van der Waals surface area contributed by atoms with Crippen molar-refractivity contribution in [3.05, 3.63) is 52.4 Å². The van der Waals surface area contributed by atoms with Gasteiger partial charge in [0.05, 0.1) is 22.3 Å². The zero-order valence-electron chi connectivity index (χ0n) is 15.0. The van der Waals surface area contributed by atoms with Crippen molar-refractivity contribution >= 4 is 35.5 Å². The second-order valence-corrected chi connectivity index (χ2v) is 8.00. The van der Waals surface area contributed by atoms with Gasteiger partial charge in [-0.3, -0.25) is 4.79 Å². The SMILES string of the molecule is CCOc1c(C)c(C=C2SCN(C)C2=O)cc(Sc2ccccc2)c1O. The highest BCUT2D eigenvalue weighted by molar-refractivity contribution is 8.04. The fourth-order valence-corrected chi connectivity index (χ4v) is 4.48. The van der Waals surface area contributed by atoms with Crippen LogP contribution in [-0.4, -0.2) is 35.4 Å². The lowest BCUT2D eigenvalue weighted by atomic mass is 10.1. The molecule has 0 unspecified atom stereocenters. The van der Waals surface area contributed by atoms with Crippen LogP contribution in [0.5, 0.6) is 11.5 Å². The summed E-state index contributed by atoms with van der Waals surface area (Å²) >= 11 is 3.00. The van der Waals surface area contributed by atoms with Crippen molar-refractivity contribution in [3.63, 3.8) is 0 Å². The minimum Gasteiger partial charge on any atom is -0.503 e. The van der Waals surface area contributed by atoms with Gasteiger partial charge in [-0.15, -0.1) is 0 Å². The fourth-order valence-electron chi connectivity index (χ4n) is 2.62. The highest BCUT2D eigenvalue weighted by Gasteiger charge is 2.24. The molecule has 26 heavy (non-hydrogen) atoms. The van der Waals surface area contributed by atoms with E-state index < -0.39 is 0 Å². The van der Waals surface area contributed by atoms with Crippen LogP contribution in [0.3, 0.4) is 0 Å². The zero-order valence-corrected chi connectivity index (χ0v) is 16.6. The Labute approximate surface area is 162 Å². The average Bonchev–Trinajstić information content (AvgIpc) is 2.95. The fraction of sp³-hybridized carbons (Fsp3) is 0.250. The first kappa shape index (κ1) is 18.7. The second kappa shape index (κ2) is 8.10. The van der Waals surface area contributed by atoms with E-state index in [2.05, 4.69) is 0 Å². The van der Waals surface area contributed by atoms with Crippen molar-refractivity contribution in [2.45, 2.75) is 23.6 Å². The normalized spacial score (nSPS) is 15.7. The highest BCUT2D eigenvalue weighted by atomic mass is 32.2. The molecule has 1 fully saturated rings. The van der Waals surface area contributed by atoms with E-state index in [1.165, 1.54) is 23.5 Å². The van der Waals surface area contributed by atoms with E-state index in [-0.39, 0.29) is 11.7 Å². The first-order chi connectivity index (χ1) is 12.5. The van der Waals surface area contributed by atoms with E-state index >= 15 is 0 Å². The van der Waals surface area contributed by atoms with Crippen LogP contribution in [0.15, 0.2) is 51.1 Å². The first-order valence-electron chi connectivity index (χ1n) is 8.33. The molecule has 1 amide bonds. The Kier molecular flexibility index (Phi) is 5.84. The van der Waals surface area contributed by atoms with E-state index in [1.807, 2.05) is 56.3 Å².